The van der Waals surface area contributed by atoms with Crippen molar-refractivity contribution in [2.45, 2.75) is 19.9 Å². The molecule has 0 aliphatic rings. The van der Waals surface area contributed by atoms with Crippen molar-refractivity contribution in [2.75, 3.05) is 0 Å². The lowest BCUT2D eigenvalue weighted by Gasteiger charge is -2.13. The number of fused-ring (bicyclic) bond motifs is 1. The molecule has 2 aromatic rings. The SMILES string of the molecule is CC(C)C(C#N)NC(=O)c1cc2ccc(F)cc2s1. The Kier molecular flexibility index (Phi) is 3.82. The first kappa shape index (κ1) is 13.5. The van der Waals surface area contributed by atoms with E-state index in [2.05, 4.69) is 11.4 Å². The third-order valence-corrected chi connectivity index (χ3v) is 3.89. The van der Waals surface area contributed by atoms with Gasteiger partial charge in [-0.2, -0.15) is 5.26 Å². The molecule has 2 rings (SSSR count). The van der Waals surface area contributed by atoms with Gasteiger partial charge in [0.25, 0.3) is 5.91 Å². The number of nitrogens with one attached hydrogen (secondary N) is 1. The van der Waals surface area contributed by atoms with E-state index in [0.717, 1.165) is 10.1 Å². The first-order valence-electron chi connectivity index (χ1n) is 5.91. The van der Waals surface area contributed by atoms with Gasteiger partial charge in [0.1, 0.15) is 11.9 Å². The second kappa shape index (κ2) is 5.37. The second-order valence-corrected chi connectivity index (χ2v) is 5.70. The van der Waals surface area contributed by atoms with E-state index in [1.807, 2.05) is 13.8 Å². The highest BCUT2D eigenvalue weighted by Crippen LogP contribution is 2.26. The minimum Gasteiger partial charge on any atom is -0.335 e. The van der Waals surface area contributed by atoms with Gasteiger partial charge in [-0.15, -0.1) is 11.3 Å². The summed E-state index contributed by atoms with van der Waals surface area (Å²) < 4.78 is 13.8. The summed E-state index contributed by atoms with van der Waals surface area (Å²) in [5.41, 5.74) is 0. The first-order valence-corrected chi connectivity index (χ1v) is 6.72. The number of rotatable bonds is 3. The van der Waals surface area contributed by atoms with Crippen LogP contribution in [-0.4, -0.2) is 11.9 Å². The van der Waals surface area contributed by atoms with E-state index in [-0.39, 0.29) is 17.6 Å². The van der Waals surface area contributed by atoms with Gasteiger partial charge in [-0.05, 0) is 29.5 Å². The van der Waals surface area contributed by atoms with E-state index in [1.54, 1.807) is 12.1 Å². The molecule has 3 nitrogen and oxygen atoms in total. The average Bonchev–Trinajstić information content (AvgIpc) is 2.78. The van der Waals surface area contributed by atoms with Crippen molar-refractivity contribution in [2.24, 2.45) is 5.92 Å². The number of halogens is 1. The monoisotopic (exact) mass is 276 g/mol. The Morgan fingerprint density at radius 1 is 1.42 bits per heavy atom. The van der Waals surface area contributed by atoms with Gasteiger partial charge in [0.2, 0.25) is 0 Å². The molecule has 19 heavy (non-hydrogen) atoms. The van der Waals surface area contributed by atoms with Crippen molar-refractivity contribution in [3.05, 3.63) is 35.0 Å². The van der Waals surface area contributed by atoms with Crippen LogP contribution >= 0.6 is 11.3 Å². The third kappa shape index (κ3) is 2.91. The Morgan fingerprint density at radius 3 is 2.79 bits per heavy atom. The van der Waals surface area contributed by atoms with Gasteiger partial charge in [0.15, 0.2) is 0 Å². The molecule has 0 fully saturated rings. The van der Waals surface area contributed by atoms with Crippen molar-refractivity contribution in [3.63, 3.8) is 0 Å². The van der Waals surface area contributed by atoms with E-state index in [4.69, 9.17) is 5.26 Å². The first-order chi connectivity index (χ1) is 9.01. The molecule has 1 N–H and O–H groups in total. The normalized spacial score (nSPS) is 12.4. The van der Waals surface area contributed by atoms with E-state index in [0.29, 0.717) is 4.88 Å². The van der Waals surface area contributed by atoms with Gasteiger partial charge in [0.05, 0.1) is 10.9 Å². The van der Waals surface area contributed by atoms with Gasteiger partial charge < -0.3 is 5.32 Å². The predicted octanol–water partition coefficient (Wildman–Crippen LogP) is 3.32. The van der Waals surface area contributed by atoms with Crippen LogP contribution in [0.15, 0.2) is 24.3 Å². The molecule has 1 aromatic heterocycles. The van der Waals surface area contributed by atoms with Crippen LogP contribution in [-0.2, 0) is 0 Å². The molecule has 1 atom stereocenters. The molecular formula is C14H13FN2OS. The standard InChI is InChI=1S/C14H13FN2OS/c1-8(2)11(7-16)17-14(18)13-5-9-3-4-10(15)6-12(9)19-13/h3-6,8,11H,1-2H3,(H,17,18). The topological polar surface area (TPSA) is 52.9 Å². The van der Waals surface area contributed by atoms with Gasteiger partial charge in [-0.3, -0.25) is 4.79 Å². The van der Waals surface area contributed by atoms with E-state index >= 15 is 0 Å². The summed E-state index contributed by atoms with van der Waals surface area (Å²) >= 11 is 1.22. The number of hydrogen-bond acceptors (Lipinski definition) is 3. The Bertz CT molecular complexity index is 657. The largest absolute Gasteiger partial charge is 0.335 e. The quantitative estimate of drug-likeness (QED) is 0.935. The second-order valence-electron chi connectivity index (χ2n) is 4.62. The summed E-state index contributed by atoms with van der Waals surface area (Å²) in [6.45, 7) is 3.74. The Balaban J connectivity index is 2.25. The van der Waals surface area contributed by atoms with E-state index in [1.165, 1.54) is 23.5 Å². The summed E-state index contributed by atoms with van der Waals surface area (Å²) in [6.07, 6.45) is 0. The van der Waals surface area contributed by atoms with Crippen LogP contribution in [0.1, 0.15) is 23.5 Å². The maximum Gasteiger partial charge on any atom is 0.262 e. The van der Waals surface area contributed by atoms with Crippen LogP contribution in [0.2, 0.25) is 0 Å². The molecule has 1 unspecified atom stereocenters. The molecule has 0 aliphatic heterocycles. The highest BCUT2D eigenvalue weighted by molar-refractivity contribution is 7.20. The lowest BCUT2D eigenvalue weighted by atomic mass is 10.1. The van der Waals surface area contributed by atoms with Crippen LogP contribution in [0, 0.1) is 23.1 Å². The molecule has 1 heterocycles. The molecular weight excluding hydrogens is 263 g/mol. The van der Waals surface area contributed by atoms with Crippen molar-refractivity contribution < 1.29 is 9.18 Å². The van der Waals surface area contributed by atoms with Crippen molar-refractivity contribution in [3.8, 4) is 6.07 Å². The smallest absolute Gasteiger partial charge is 0.262 e. The summed E-state index contributed by atoms with van der Waals surface area (Å²) in [6, 6.07) is 7.66. The van der Waals surface area contributed by atoms with E-state index in [9.17, 15) is 9.18 Å². The van der Waals surface area contributed by atoms with Gasteiger partial charge >= 0.3 is 0 Å². The van der Waals surface area contributed by atoms with Crippen LogP contribution in [0.4, 0.5) is 4.39 Å². The Labute approximate surface area is 114 Å². The zero-order valence-electron chi connectivity index (χ0n) is 10.6. The number of nitriles is 1. The number of amides is 1. The van der Waals surface area contributed by atoms with Crippen LogP contribution in [0.5, 0.6) is 0 Å². The highest BCUT2D eigenvalue weighted by atomic mass is 32.1. The fourth-order valence-corrected chi connectivity index (χ4v) is 2.67. The predicted molar refractivity (Wildman–Crippen MR) is 73.5 cm³/mol. The average molecular weight is 276 g/mol. The van der Waals surface area contributed by atoms with Crippen molar-refractivity contribution >= 4 is 27.3 Å². The zero-order chi connectivity index (χ0) is 14.0. The number of benzene rings is 1. The number of carbonyl (C=O) groups excluding carboxylic acids is 1. The zero-order valence-corrected chi connectivity index (χ0v) is 11.4. The van der Waals surface area contributed by atoms with Crippen LogP contribution < -0.4 is 5.32 Å². The van der Waals surface area contributed by atoms with Crippen molar-refractivity contribution in [1.29, 1.82) is 5.26 Å². The minimum absolute atomic E-state index is 0.0424. The number of nitrogens with zero attached hydrogens (tertiary/aromatic N) is 1. The number of carbonyl (C=O) groups is 1. The van der Waals surface area contributed by atoms with Gasteiger partial charge in [-0.1, -0.05) is 19.9 Å². The fourth-order valence-electron chi connectivity index (χ4n) is 1.68. The van der Waals surface area contributed by atoms with Crippen LogP contribution in [0.3, 0.4) is 0 Å². The molecule has 1 amide bonds. The highest BCUT2D eigenvalue weighted by Gasteiger charge is 2.18. The molecule has 0 spiro atoms. The Morgan fingerprint density at radius 2 is 2.16 bits per heavy atom. The molecule has 0 saturated carbocycles. The molecule has 0 aliphatic carbocycles. The third-order valence-electron chi connectivity index (χ3n) is 2.80. The summed E-state index contributed by atoms with van der Waals surface area (Å²) in [4.78, 5) is 12.5. The molecule has 1 aromatic carbocycles. The maximum atomic E-state index is 13.1. The molecule has 0 radical (unpaired) electrons. The van der Waals surface area contributed by atoms with Gasteiger partial charge in [0, 0.05) is 4.70 Å². The van der Waals surface area contributed by atoms with E-state index < -0.39 is 6.04 Å². The Hall–Kier alpha value is -1.93. The lowest BCUT2D eigenvalue weighted by Crippen LogP contribution is -2.36. The lowest BCUT2D eigenvalue weighted by molar-refractivity contribution is 0.0942. The van der Waals surface area contributed by atoms with Crippen LogP contribution in [0.25, 0.3) is 10.1 Å². The molecule has 0 saturated heterocycles. The maximum absolute atomic E-state index is 13.1. The summed E-state index contributed by atoms with van der Waals surface area (Å²) in [7, 11) is 0. The fraction of sp³-hybridized carbons (Fsp3) is 0.286. The van der Waals surface area contributed by atoms with Gasteiger partial charge in [-0.25, -0.2) is 4.39 Å². The van der Waals surface area contributed by atoms with Crippen molar-refractivity contribution in [1.82, 2.24) is 5.32 Å². The number of hydrogen-bond donors (Lipinski definition) is 1. The summed E-state index contributed by atoms with van der Waals surface area (Å²) in [5.74, 6) is -0.568. The molecule has 98 valence electrons. The minimum atomic E-state index is -0.519. The molecule has 5 heteroatoms. The number of thiophene rings is 1. The molecule has 0 bridgehead atoms. The summed E-state index contributed by atoms with van der Waals surface area (Å²) in [5, 5.41) is 12.5.